The van der Waals surface area contributed by atoms with Crippen molar-refractivity contribution < 1.29 is 14.1 Å². The molecule has 4 rings (SSSR count). The zero-order valence-corrected chi connectivity index (χ0v) is 18.7. The van der Waals surface area contributed by atoms with Gasteiger partial charge in [0.1, 0.15) is 5.60 Å². The van der Waals surface area contributed by atoms with Gasteiger partial charge in [0.05, 0.1) is 12.6 Å². The molecule has 0 saturated carbocycles. The zero-order valence-electron chi connectivity index (χ0n) is 18.0. The molecule has 1 amide bonds. The highest BCUT2D eigenvalue weighted by Gasteiger charge is 2.36. The van der Waals surface area contributed by atoms with E-state index < -0.39 is 5.60 Å². The van der Waals surface area contributed by atoms with Crippen LogP contribution in [0.3, 0.4) is 0 Å². The largest absolute Gasteiger partial charge is 0.444 e. The molecule has 10 heteroatoms. The summed E-state index contributed by atoms with van der Waals surface area (Å²) in [6.45, 7) is 8.84. The highest BCUT2D eigenvalue weighted by molar-refractivity contribution is 6.30. The van der Waals surface area contributed by atoms with Crippen LogP contribution in [0, 0.1) is 0 Å². The number of rotatable bonds is 4. The Morgan fingerprint density at radius 3 is 2.97 bits per heavy atom. The Morgan fingerprint density at radius 2 is 2.19 bits per heavy atom. The van der Waals surface area contributed by atoms with Gasteiger partial charge < -0.3 is 24.4 Å². The predicted molar refractivity (Wildman–Crippen MR) is 117 cm³/mol. The normalized spacial score (nSPS) is 18.6. The van der Waals surface area contributed by atoms with Gasteiger partial charge in [-0.25, -0.2) is 4.79 Å². The number of piperazine rings is 1. The van der Waals surface area contributed by atoms with Crippen LogP contribution in [-0.4, -0.2) is 76.4 Å². The standard InChI is InChI=1S/C21H27ClN6O3/c1-21(2,3)30-20(29)27-9-10-28-16(13-27)12-24-19(28)23-8-7-17-25-18(26-31-17)14-5-4-6-15(22)11-14/h4-6,11,16H,7-10,12-13H2,1-3H3,(H,23,24). The fourth-order valence-electron chi connectivity index (χ4n) is 3.61. The first-order valence-electron chi connectivity index (χ1n) is 10.4. The van der Waals surface area contributed by atoms with Crippen molar-refractivity contribution in [3.05, 3.63) is 35.2 Å². The lowest BCUT2D eigenvalue weighted by molar-refractivity contribution is 0.0137. The molecule has 1 saturated heterocycles. The molecule has 1 fully saturated rings. The summed E-state index contributed by atoms with van der Waals surface area (Å²) in [4.78, 5) is 25.4. The molecular formula is C21H27ClN6O3. The summed E-state index contributed by atoms with van der Waals surface area (Å²) in [5.41, 5.74) is 0.329. The Kier molecular flexibility index (Phi) is 6.04. The van der Waals surface area contributed by atoms with Gasteiger partial charge in [0.25, 0.3) is 0 Å². The smallest absolute Gasteiger partial charge is 0.410 e. The van der Waals surface area contributed by atoms with Crippen LogP contribution in [0.5, 0.6) is 0 Å². The number of ether oxygens (including phenoxy) is 1. The van der Waals surface area contributed by atoms with E-state index in [1.54, 1.807) is 17.0 Å². The topological polar surface area (TPSA) is 96.1 Å². The van der Waals surface area contributed by atoms with Gasteiger partial charge in [0, 0.05) is 43.2 Å². The number of halogens is 1. The van der Waals surface area contributed by atoms with Crippen LogP contribution >= 0.6 is 11.6 Å². The Labute approximate surface area is 186 Å². The Bertz CT molecular complexity index is 970. The number of fused-ring (bicyclic) bond motifs is 1. The number of amides is 1. The Balaban J connectivity index is 1.25. The van der Waals surface area contributed by atoms with Crippen LogP contribution in [0.25, 0.3) is 11.4 Å². The van der Waals surface area contributed by atoms with Crippen LogP contribution in [0.4, 0.5) is 4.79 Å². The summed E-state index contributed by atoms with van der Waals surface area (Å²) >= 11 is 6.03. The molecule has 3 heterocycles. The molecule has 2 aliphatic heterocycles. The lowest BCUT2D eigenvalue weighted by Gasteiger charge is -2.39. The molecule has 1 aromatic carbocycles. The number of carbonyl (C=O) groups excluding carboxylic acids is 1. The summed E-state index contributed by atoms with van der Waals surface area (Å²) in [6, 6.07) is 7.52. The highest BCUT2D eigenvalue weighted by atomic mass is 35.5. The van der Waals surface area contributed by atoms with Crippen LogP contribution in [-0.2, 0) is 11.2 Å². The van der Waals surface area contributed by atoms with Gasteiger partial charge in [0.2, 0.25) is 11.7 Å². The predicted octanol–water partition coefficient (Wildman–Crippen LogP) is 2.81. The van der Waals surface area contributed by atoms with Gasteiger partial charge in [-0.05, 0) is 32.9 Å². The van der Waals surface area contributed by atoms with Crippen molar-refractivity contribution in [2.75, 3.05) is 32.7 Å². The summed E-state index contributed by atoms with van der Waals surface area (Å²) < 4.78 is 10.8. The van der Waals surface area contributed by atoms with Gasteiger partial charge >= 0.3 is 6.09 Å². The summed E-state index contributed by atoms with van der Waals surface area (Å²) in [7, 11) is 0. The molecule has 0 radical (unpaired) electrons. The Morgan fingerprint density at radius 1 is 1.35 bits per heavy atom. The number of carbonyl (C=O) groups is 1. The minimum Gasteiger partial charge on any atom is -0.444 e. The van der Waals surface area contributed by atoms with E-state index in [1.165, 1.54) is 0 Å². The van der Waals surface area contributed by atoms with Crippen molar-refractivity contribution in [3.8, 4) is 11.4 Å². The zero-order chi connectivity index (χ0) is 22.0. The van der Waals surface area contributed by atoms with Crippen molar-refractivity contribution in [3.63, 3.8) is 0 Å². The van der Waals surface area contributed by atoms with Crippen molar-refractivity contribution >= 4 is 23.7 Å². The third-order valence-corrected chi connectivity index (χ3v) is 5.27. The molecule has 0 bridgehead atoms. The minimum atomic E-state index is -0.492. The number of nitrogens with one attached hydrogen (secondary N) is 1. The fraction of sp³-hybridized carbons (Fsp3) is 0.524. The van der Waals surface area contributed by atoms with E-state index in [9.17, 15) is 4.79 Å². The maximum atomic E-state index is 12.3. The van der Waals surface area contributed by atoms with Gasteiger partial charge in [-0.2, -0.15) is 4.98 Å². The van der Waals surface area contributed by atoms with Crippen molar-refractivity contribution in [1.29, 1.82) is 0 Å². The molecule has 2 aromatic rings. The van der Waals surface area contributed by atoms with Crippen LogP contribution < -0.4 is 5.32 Å². The monoisotopic (exact) mass is 446 g/mol. The number of aromatic nitrogens is 2. The molecule has 2 aliphatic rings. The van der Waals surface area contributed by atoms with Crippen molar-refractivity contribution in [1.82, 2.24) is 25.3 Å². The molecule has 1 atom stereocenters. The number of aliphatic imine (C=N–C) groups is 1. The van der Waals surface area contributed by atoms with E-state index in [0.717, 1.165) is 18.1 Å². The molecule has 31 heavy (non-hydrogen) atoms. The van der Waals surface area contributed by atoms with Gasteiger partial charge in [-0.1, -0.05) is 28.9 Å². The maximum Gasteiger partial charge on any atom is 0.410 e. The first-order chi connectivity index (χ1) is 14.8. The van der Waals surface area contributed by atoms with Gasteiger partial charge in [-0.3, -0.25) is 4.99 Å². The quantitative estimate of drug-likeness (QED) is 0.771. The van der Waals surface area contributed by atoms with E-state index in [0.29, 0.717) is 49.3 Å². The molecule has 0 spiro atoms. The summed E-state index contributed by atoms with van der Waals surface area (Å²) in [5, 5.41) is 8.02. The van der Waals surface area contributed by atoms with E-state index >= 15 is 0 Å². The second kappa shape index (κ2) is 8.74. The maximum absolute atomic E-state index is 12.3. The summed E-state index contributed by atoms with van der Waals surface area (Å²) in [5.74, 6) is 1.92. The van der Waals surface area contributed by atoms with E-state index in [4.69, 9.17) is 20.9 Å². The van der Waals surface area contributed by atoms with Crippen LogP contribution in [0.15, 0.2) is 33.8 Å². The van der Waals surface area contributed by atoms with E-state index in [1.807, 2.05) is 32.9 Å². The number of hydrogen-bond acceptors (Lipinski definition) is 8. The number of guanidine groups is 1. The highest BCUT2D eigenvalue weighted by Crippen LogP contribution is 2.21. The van der Waals surface area contributed by atoms with Crippen LogP contribution in [0.2, 0.25) is 5.02 Å². The van der Waals surface area contributed by atoms with E-state index in [2.05, 4.69) is 25.3 Å². The molecule has 9 nitrogen and oxygen atoms in total. The van der Waals surface area contributed by atoms with Crippen molar-refractivity contribution in [2.24, 2.45) is 4.99 Å². The van der Waals surface area contributed by atoms with E-state index in [-0.39, 0.29) is 12.1 Å². The molecule has 1 aromatic heterocycles. The summed E-state index contributed by atoms with van der Waals surface area (Å²) in [6.07, 6.45) is 0.315. The average molecular weight is 447 g/mol. The second-order valence-corrected chi connectivity index (χ2v) is 9.07. The number of benzene rings is 1. The first-order valence-corrected chi connectivity index (χ1v) is 10.8. The van der Waals surface area contributed by atoms with Crippen molar-refractivity contribution in [2.45, 2.75) is 38.8 Å². The fourth-order valence-corrected chi connectivity index (χ4v) is 3.80. The third-order valence-electron chi connectivity index (χ3n) is 5.03. The molecule has 1 unspecified atom stereocenters. The SMILES string of the molecule is CC(C)(C)OC(=O)N1CCN2C(NCCc3nc(-c4cccc(Cl)c4)no3)=NCC2C1. The van der Waals surface area contributed by atoms with Gasteiger partial charge in [0.15, 0.2) is 5.96 Å². The number of hydrogen-bond donors (Lipinski definition) is 1. The van der Waals surface area contributed by atoms with Crippen LogP contribution in [0.1, 0.15) is 26.7 Å². The minimum absolute atomic E-state index is 0.168. The number of nitrogens with zero attached hydrogens (tertiary/aromatic N) is 5. The lowest BCUT2D eigenvalue weighted by Crippen LogP contribution is -2.57. The van der Waals surface area contributed by atoms with Gasteiger partial charge in [-0.15, -0.1) is 0 Å². The second-order valence-electron chi connectivity index (χ2n) is 8.64. The Hall–Kier alpha value is -2.81. The average Bonchev–Trinajstić information content (AvgIpc) is 3.34. The lowest BCUT2D eigenvalue weighted by atomic mass is 10.2. The molecular weight excluding hydrogens is 420 g/mol. The molecule has 0 aliphatic carbocycles. The third kappa shape index (κ3) is 5.28. The molecule has 166 valence electrons. The first kappa shape index (κ1) is 21.4. The molecule has 1 N–H and O–H groups in total.